The Bertz CT molecular complexity index is 445. The van der Waals surface area contributed by atoms with Crippen molar-refractivity contribution in [1.82, 2.24) is 10.2 Å². The monoisotopic (exact) mass is 260 g/mol. The molecule has 1 fully saturated rings. The Morgan fingerprint density at radius 2 is 1.89 bits per heavy atom. The minimum absolute atomic E-state index is 0.0702. The molecule has 1 heterocycles. The fourth-order valence-corrected chi connectivity index (χ4v) is 2.41. The highest BCUT2D eigenvalue weighted by Gasteiger charge is 2.24. The van der Waals surface area contributed by atoms with Gasteiger partial charge in [-0.15, -0.1) is 0 Å². The van der Waals surface area contributed by atoms with Crippen LogP contribution in [0.15, 0.2) is 24.3 Å². The molecular weight excluding hydrogens is 236 g/mol. The predicted molar refractivity (Wildman–Crippen MR) is 78.8 cm³/mol. The lowest BCUT2D eigenvalue weighted by Crippen LogP contribution is -2.52. The summed E-state index contributed by atoms with van der Waals surface area (Å²) in [5, 5.41) is 3.30. The summed E-state index contributed by atoms with van der Waals surface area (Å²) in [7, 11) is 2.06. The molecule has 0 spiro atoms. The lowest BCUT2D eigenvalue weighted by Gasteiger charge is -2.30. The first-order valence-corrected chi connectivity index (χ1v) is 6.94. The summed E-state index contributed by atoms with van der Waals surface area (Å²) in [5.74, 6) is 0.201. The molecule has 1 aromatic carbocycles. The Morgan fingerprint density at radius 1 is 1.26 bits per heavy atom. The van der Waals surface area contributed by atoms with Crippen molar-refractivity contribution in [3.8, 4) is 0 Å². The zero-order chi connectivity index (χ0) is 14.0. The fraction of sp³-hybridized carbons (Fsp3) is 0.562. The van der Waals surface area contributed by atoms with Gasteiger partial charge in [0.2, 0.25) is 0 Å². The van der Waals surface area contributed by atoms with Crippen molar-refractivity contribution in [2.24, 2.45) is 0 Å². The van der Waals surface area contributed by atoms with Crippen molar-refractivity contribution in [2.75, 3.05) is 26.7 Å². The minimum atomic E-state index is -0.0702. The molecule has 1 unspecified atom stereocenters. The molecule has 0 amide bonds. The number of carbonyl (C=O) groups excluding carboxylic acids is 1. The molecule has 1 N–H and O–H groups in total. The van der Waals surface area contributed by atoms with Crippen molar-refractivity contribution in [2.45, 2.75) is 32.2 Å². The number of ketones is 1. The molecule has 2 rings (SSSR count). The van der Waals surface area contributed by atoms with Gasteiger partial charge in [-0.05, 0) is 18.0 Å². The van der Waals surface area contributed by atoms with Gasteiger partial charge >= 0.3 is 0 Å². The summed E-state index contributed by atoms with van der Waals surface area (Å²) < 4.78 is 0. The van der Waals surface area contributed by atoms with Gasteiger partial charge in [-0.2, -0.15) is 0 Å². The summed E-state index contributed by atoms with van der Waals surface area (Å²) in [6.45, 7) is 9.23. The number of piperazine rings is 1. The third kappa shape index (κ3) is 3.43. The molecule has 0 aromatic heterocycles. The molecule has 0 saturated carbocycles. The van der Waals surface area contributed by atoms with E-state index in [0.29, 0.717) is 0 Å². The SMILES string of the molecule is CN1CCNC(C(=O)c2ccc(C(C)(C)C)cc2)C1. The maximum atomic E-state index is 12.4. The molecule has 1 atom stereocenters. The van der Waals surface area contributed by atoms with Gasteiger partial charge in [0, 0.05) is 25.2 Å². The number of hydrogen-bond acceptors (Lipinski definition) is 3. The third-order valence-corrected chi connectivity index (χ3v) is 3.73. The van der Waals surface area contributed by atoms with E-state index >= 15 is 0 Å². The van der Waals surface area contributed by atoms with Gasteiger partial charge in [0.25, 0.3) is 0 Å². The second-order valence-electron chi connectivity index (χ2n) is 6.46. The smallest absolute Gasteiger partial charge is 0.181 e. The average Bonchev–Trinajstić information content (AvgIpc) is 2.37. The fourth-order valence-electron chi connectivity index (χ4n) is 2.41. The molecule has 0 bridgehead atoms. The normalized spacial score (nSPS) is 21.4. The van der Waals surface area contributed by atoms with E-state index in [1.807, 2.05) is 12.1 Å². The first-order chi connectivity index (χ1) is 8.88. The average molecular weight is 260 g/mol. The van der Waals surface area contributed by atoms with E-state index in [9.17, 15) is 4.79 Å². The number of carbonyl (C=O) groups is 1. The largest absolute Gasteiger partial charge is 0.305 e. The molecule has 0 radical (unpaired) electrons. The second-order valence-corrected chi connectivity index (χ2v) is 6.46. The zero-order valence-corrected chi connectivity index (χ0v) is 12.4. The van der Waals surface area contributed by atoms with Gasteiger partial charge in [-0.1, -0.05) is 45.0 Å². The van der Waals surface area contributed by atoms with Crippen molar-refractivity contribution < 1.29 is 4.79 Å². The number of rotatable bonds is 2. The van der Waals surface area contributed by atoms with E-state index in [4.69, 9.17) is 0 Å². The number of hydrogen-bond donors (Lipinski definition) is 1. The summed E-state index contributed by atoms with van der Waals surface area (Å²) in [4.78, 5) is 14.6. The predicted octanol–water partition coefficient (Wildman–Crippen LogP) is 2.07. The summed E-state index contributed by atoms with van der Waals surface area (Å²) in [6, 6.07) is 7.98. The number of nitrogens with one attached hydrogen (secondary N) is 1. The molecular formula is C16H24N2O. The molecule has 104 valence electrons. The van der Waals surface area contributed by atoms with Gasteiger partial charge in [-0.25, -0.2) is 0 Å². The van der Waals surface area contributed by atoms with Crippen LogP contribution in [0.2, 0.25) is 0 Å². The molecule has 3 heteroatoms. The van der Waals surface area contributed by atoms with Crippen LogP contribution in [0.4, 0.5) is 0 Å². The van der Waals surface area contributed by atoms with Gasteiger partial charge in [-0.3, -0.25) is 4.79 Å². The molecule has 3 nitrogen and oxygen atoms in total. The van der Waals surface area contributed by atoms with Crippen molar-refractivity contribution >= 4 is 5.78 Å². The van der Waals surface area contributed by atoms with Gasteiger partial charge in [0.05, 0.1) is 6.04 Å². The van der Waals surface area contributed by atoms with Crippen LogP contribution in [0.1, 0.15) is 36.7 Å². The Labute approximate surface area is 116 Å². The van der Waals surface area contributed by atoms with Crippen LogP contribution in [0.3, 0.4) is 0 Å². The van der Waals surface area contributed by atoms with Gasteiger partial charge in [0.15, 0.2) is 5.78 Å². The summed E-state index contributed by atoms with van der Waals surface area (Å²) in [6.07, 6.45) is 0. The molecule has 1 aromatic rings. The van der Waals surface area contributed by atoms with E-state index in [1.54, 1.807) is 0 Å². The minimum Gasteiger partial charge on any atom is -0.305 e. The first kappa shape index (κ1) is 14.2. The van der Waals surface area contributed by atoms with E-state index in [0.717, 1.165) is 25.2 Å². The molecule has 1 aliphatic rings. The van der Waals surface area contributed by atoms with Crippen molar-refractivity contribution in [3.63, 3.8) is 0 Å². The van der Waals surface area contributed by atoms with E-state index in [2.05, 4.69) is 50.2 Å². The van der Waals surface area contributed by atoms with E-state index < -0.39 is 0 Å². The van der Waals surface area contributed by atoms with E-state index in [-0.39, 0.29) is 17.2 Å². The topological polar surface area (TPSA) is 32.3 Å². The highest BCUT2D eigenvalue weighted by Crippen LogP contribution is 2.22. The van der Waals surface area contributed by atoms with Crippen LogP contribution in [0, 0.1) is 0 Å². The van der Waals surface area contributed by atoms with E-state index in [1.165, 1.54) is 5.56 Å². The van der Waals surface area contributed by atoms with Crippen molar-refractivity contribution in [1.29, 1.82) is 0 Å². The standard InChI is InChI=1S/C16H24N2O/c1-16(2,3)13-7-5-12(6-8-13)15(19)14-11-18(4)10-9-17-14/h5-8,14,17H,9-11H2,1-4H3. The zero-order valence-electron chi connectivity index (χ0n) is 12.4. The lowest BCUT2D eigenvalue weighted by atomic mass is 9.86. The van der Waals surface area contributed by atoms with Crippen LogP contribution in [0.5, 0.6) is 0 Å². The highest BCUT2D eigenvalue weighted by molar-refractivity contribution is 6.00. The molecule has 1 saturated heterocycles. The van der Waals surface area contributed by atoms with Crippen LogP contribution in [-0.2, 0) is 5.41 Å². The number of benzene rings is 1. The maximum absolute atomic E-state index is 12.4. The molecule has 0 aliphatic carbocycles. The third-order valence-electron chi connectivity index (χ3n) is 3.73. The van der Waals surface area contributed by atoms with Crippen LogP contribution in [0.25, 0.3) is 0 Å². The lowest BCUT2D eigenvalue weighted by molar-refractivity contribution is 0.0894. The molecule has 19 heavy (non-hydrogen) atoms. The molecule has 1 aliphatic heterocycles. The number of nitrogens with zero attached hydrogens (tertiary/aromatic N) is 1. The Kier molecular flexibility index (Phi) is 4.07. The Balaban J connectivity index is 2.11. The Morgan fingerprint density at radius 3 is 2.42 bits per heavy atom. The van der Waals surface area contributed by atoms with Gasteiger partial charge in [0.1, 0.15) is 0 Å². The quantitative estimate of drug-likeness (QED) is 0.826. The first-order valence-electron chi connectivity index (χ1n) is 6.94. The Hall–Kier alpha value is -1.19. The van der Waals surface area contributed by atoms with Crippen LogP contribution in [-0.4, -0.2) is 43.4 Å². The summed E-state index contributed by atoms with van der Waals surface area (Å²) in [5.41, 5.74) is 2.20. The summed E-state index contributed by atoms with van der Waals surface area (Å²) >= 11 is 0. The number of likely N-dealkylation sites (N-methyl/N-ethyl adjacent to an activating group) is 1. The van der Waals surface area contributed by atoms with Gasteiger partial charge < -0.3 is 10.2 Å². The van der Waals surface area contributed by atoms with Crippen LogP contribution < -0.4 is 5.32 Å². The number of Topliss-reactive ketones (excluding diaryl/α,β-unsaturated/α-hetero) is 1. The maximum Gasteiger partial charge on any atom is 0.181 e. The van der Waals surface area contributed by atoms with Crippen LogP contribution >= 0.6 is 0 Å². The van der Waals surface area contributed by atoms with Crippen molar-refractivity contribution in [3.05, 3.63) is 35.4 Å². The second kappa shape index (κ2) is 5.43. The highest BCUT2D eigenvalue weighted by atomic mass is 16.1.